The van der Waals surface area contributed by atoms with Crippen LogP contribution in [-0.2, 0) is 0 Å². The van der Waals surface area contributed by atoms with Crippen molar-refractivity contribution in [2.24, 2.45) is 17.3 Å². The molecule has 0 bridgehead atoms. The van der Waals surface area contributed by atoms with E-state index in [1.54, 1.807) is 0 Å². The number of hydrogen-bond acceptors (Lipinski definition) is 0. The molecule has 0 aromatic heterocycles. The molecule has 2 saturated carbocycles. The summed E-state index contributed by atoms with van der Waals surface area (Å²) in [4.78, 5) is 0. The Balaban J connectivity index is 2.22. The second kappa shape index (κ2) is 3.15. The van der Waals surface area contributed by atoms with Gasteiger partial charge >= 0.3 is 0 Å². The normalized spacial score (nSPS) is 45.8. The Hall–Kier alpha value is -0.260. The van der Waals surface area contributed by atoms with Crippen LogP contribution in [-0.4, -0.2) is 0 Å². The minimum absolute atomic E-state index is 0.605. The summed E-state index contributed by atoms with van der Waals surface area (Å²) in [6.45, 7) is 9.14. The molecule has 0 spiro atoms. The first-order valence-corrected chi connectivity index (χ1v) is 5.82. The zero-order valence-corrected chi connectivity index (χ0v) is 9.10. The summed E-state index contributed by atoms with van der Waals surface area (Å²) >= 11 is 0. The Morgan fingerprint density at radius 2 is 2.08 bits per heavy atom. The van der Waals surface area contributed by atoms with Crippen molar-refractivity contribution >= 4 is 0 Å². The Kier molecular flexibility index (Phi) is 2.25. The van der Waals surface area contributed by atoms with Crippen LogP contribution in [0.4, 0.5) is 0 Å². The van der Waals surface area contributed by atoms with Gasteiger partial charge in [-0.05, 0) is 42.9 Å². The number of rotatable bonds is 0. The van der Waals surface area contributed by atoms with Crippen molar-refractivity contribution in [3.63, 3.8) is 0 Å². The minimum atomic E-state index is 0.605. The van der Waals surface area contributed by atoms with Gasteiger partial charge in [0.2, 0.25) is 0 Å². The van der Waals surface area contributed by atoms with Crippen molar-refractivity contribution in [1.82, 2.24) is 0 Å². The van der Waals surface area contributed by atoms with E-state index in [1.165, 1.54) is 44.1 Å². The van der Waals surface area contributed by atoms with Crippen molar-refractivity contribution < 1.29 is 0 Å². The quantitative estimate of drug-likeness (QED) is 0.488. The van der Waals surface area contributed by atoms with Gasteiger partial charge in [0.25, 0.3) is 0 Å². The zero-order chi connectivity index (χ0) is 9.47. The molecule has 0 amide bonds. The van der Waals surface area contributed by atoms with Gasteiger partial charge in [0, 0.05) is 0 Å². The van der Waals surface area contributed by atoms with Crippen molar-refractivity contribution in [1.29, 1.82) is 0 Å². The van der Waals surface area contributed by atoms with E-state index in [0.29, 0.717) is 5.41 Å². The number of fused-ring (bicyclic) bond motifs is 1. The summed E-state index contributed by atoms with van der Waals surface area (Å²) in [5, 5.41) is 0. The van der Waals surface area contributed by atoms with Gasteiger partial charge < -0.3 is 0 Å². The summed E-state index contributed by atoms with van der Waals surface area (Å²) in [6, 6.07) is 0. The Morgan fingerprint density at radius 3 is 2.85 bits per heavy atom. The van der Waals surface area contributed by atoms with Crippen LogP contribution in [0.1, 0.15) is 52.4 Å². The molecule has 0 aromatic carbocycles. The molecular formula is C13H22. The molecule has 0 aliphatic heterocycles. The van der Waals surface area contributed by atoms with Crippen molar-refractivity contribution in [2.75, 3.05) is 0 Å². The van der Waals surface area contributed by atoms with E-state index in [4.69, 9.17) is 0 Å². The molecule has 0 heteroatoms. The highest BCUT2D eigenvalue weighted by atomic mass is 14.5. The highest BCUT2D eigenvalue weighted by Crippen LogP contribution is 2.54. The van der Waals surface area contributed by atoms with Crippen molar-refractivity contribution in [2.45, 2.75) is 52.4 Å². The summed E-state index contributed by atoms with van der Waals surface area (Å²) in [7, 11) is 0. The summed E-state index contributed by atoms with van der Waals surface area (Å²) in [6.07, 6.45) is 8.55. The first kappa shape index (κ1) is 9.30. The lowest BCUT2D eigenvalue weighted by atomic mass is 9.55. The minimum Gasteiger partial charge on any atom is -0.0996 e. The van der Waals surface area contributed by atoms with Crippen LogP contribution in [0.5, 0.6) is 0 Å². The Morgan fingerprint density at radius 1 is 1.31 bits per heavy atom. The van der Waals surface area contributed by atoms with Crippen molar-refractivity contribution in [3.8, 4) is 0 Å². The van der Waals surface area contributed by atoms with E-state index in [-0.39, 0.29) is 0 Å². The average molecular weight is 178 g/mol. The fourth-order valence-electron chi connectivity index (χ4n) is 3.52. The second-order valence-electron chi connectivity index (χ2n) is 5.37. The zero-order valence-electron chi connectivity index (χ0n) is 9.10. The van der Waals surface area contributed by atoms with E-state index in [2.05, 4.69) is 20.4 Å². The predicted octanol–water partition coefficient (Wildman–Crippen LogP) is 4.17. The number of hydrogen-bond donors (Lipinski definition) is 0. The third-order valence-corrected chi connectivity index (χ3v) is 4.87. The van der Waals surface area contributed by atoms with Crippen LogP contribution in [0.3, 0.4) is 0 Å². The number of allylic oxidation sites excluding steroid dienone is 1. The SMILES string of the molecule is C=C1CCC2CCCCC2(C)C1C. The molecule has 0 nitrogen and oxygen atoms in total. The van der Waals surface area contributed by atoms with Crippen LogP contribution < -0.4 is 0 Å². The maximum Gasteiger partial charge on any atom is -0.0178 e. The first-order chi connectivity index (χ1) is 6.14. The Labute approximate surface area is 82.4 Å². The van der Waals surface area contributed by atoms with Crippen LogP contribution >= 0.6 is 0 Å². The van der Waals surface area contributed by atoms with E-state index in [9.17, 15) is 0 Å². The van der Waals surface area contributed by atoms with Gasteiger partial charge in [-0.15, -0.1) is 0 Å². The highest BCUT2D eigenvalue weighted by molar-refractivity contribution is 5.11. The van der Waals surface area contributed by atoms with Crippen LogP contribution in [0.15, 0.2) is 12.2 Å². The van der Waals surface area contributed by atoms with Gasteiger partial charge in [-0.2, -0.15) is 0 Å². The fourth-order valence-corrected chi connectivity index (χ4v) is 3.52. The van der Waals surface area contributed by atoms with Crippen molar-refractivity contribution in [3.05, 3.63) is 12.2 Å². The third-order valence-electron chi connectivity index (χ3n) is 4.87. The molecule has 2 aliphatic carbocycles. The molecule has 0 heterocycles. The molecule has 2 aliphatic rings. The summed E-state index contributed by atoms with van der Waals surface area (Å²) < 4.78 is 0. The van der Waals surface area contributed by atoms with Gasteiger partial charge in [-0.3, -0.25) is 0 Å². The van der Waals surface area contributed by atoms with Crippen LogP contribution in [0, 0.1) is 17.3 Å². The molecule has 74 valence electrons. The maximum atomic E-state index is 4.23. The van der Waals surface area contributed by atoms with Gasteiger partial charge in [0.1, 0.15) is 0 Å². The van der Waals surface area contributed by atoms with Gasteiger partial charge in [-0.25, -0.2) is 0 Å². The lowest BCUT2D eigenvalue weighted by Gasteiger charge is -2.50. The lowest BCUT2D eigenvalue weighted by Crippen LogP contribution is -2.40. The molecule has 0 saturated heterocycles. The topological polar surface area (TPSA) is 0 Å². The lowest BCUT2D eigenvalue weighted by molar-refractivity contribution is 0.0408. The highest BCUT2D eigenvalue weighted by Gasteiger charge is 2.43. The first-order valence-electron chi connectivity index (χ1n) is 5.82. The van der Waals surface area contributed by atoms with Crippen LogP contribution in [0.2, 0.25) is 0 Å². The molecule has 3 unspecified atom stereocenters. The molecule has 0 aromatic rings. The molecule has 0 radical (unpaired) electrons. The van der Waals surface area contributed by atoms with E-state index < -0.39 is 0 Å². The summed E-state index contributed by atoms with van der Waals surface area (Å²) in [5.41, 5.74) is 2.12. The molecule has 3 atom stereocenters. The van der Waals surface area contributed by atoms with Gasteiger partial charge in [0.15, 0.2) is 0 Å². The standard InChI is InChI=1S/C13H22/c1-10-7-8-12-6-4-5-9-13(12,3)11(10)2/h11-12H,1,4-9H2,2-3H3. The third kappa shape index (κ3) is 1.35. The largest absolute Gasteiger partial charge is 0.0996 e. The predicted molar refractivity (Wildman–Crippen MR) is 57.6 cm³/mol. The summed E-state index contributed by atoms with van der Waals surface area (Å²) in [5.74, 6) is 1.77. The monoisotopic (exact) mass is 178 g/mol. The van der Waals surface area contributed by atoms with Gasteiger partial charge in [-0.1, -0.05) is 38.8 Å². The molecular weight excluding hydrogens is 156 g/mol. The van der Waals surface area contributed by atoms with Crippen LogP contribution in [0.25, 0.3) is 0 Å². The average Bonchev–Trinajstić information content (AvgIpc) is 2.13. The molecule has 0 N–H and O–H groups in total. The molecule has 2 rings (SSSR count). The van der Waals surface area contributed by atoms with Gasteiger partial charge in [0.05, 0.1) is 0 Å². The maximum absolute atomic E-state index is 4.23. The second-order valence-corrected chi connectivity index (χ2v) is 5.37. The fraction of sp³-hybridized carbons (Fsp3) is 0.846. The van der Waals surface area contributed by atoms with E-state index >= 15 is 0 Å². The van der Waals surface area contributed by atoms with E-state index in [0.717, 1.165) is 11.8 Å². The van der Waals surface area contributed by atoms with E-state index in [1.807, 2.05) is 0 Å². The molecule has 13 heavy (non-hydrogen) atoms. The molecule has 2 fully saturated rings. The Bertz CT molecular complexity index is 216. The smallest absolute Gasteiger partial charge is 0.0178 e.